The first kappa shape index (κ1) is 15.0. The molecule has 0 N–H and O–H groups in total. The molecule has 1 heterocycles. The van der Waals surface area contributed by atoms with E-state index in [0.717, 1.165) is 0 Å². The van der Waals surface area contributed by atoms with Gasteiger partial charge < -0.3 is 9.05 Å². The Morgan fingerprint density at radius 1 is 1.20 bits per heavy atom. The van der Waals surface area contributed by atoms with Crippen molar-refractivity contribution >= 4 is 25.0 Å². The molecule has 0 spiro atoms. The zero-order chi connectivity index (χ0) is 11.7. The Morgan fingerprint density at radius 2 is 1.73 bits per heavy atom. The average molecular weight is 248 g/mol. The molecular weight excluding hydrogens is 227 g/mol. The van der Waals surface area contributed by atoms with Crippen molar-refractivity contribution in [2.75, 3.05) is 13.2 Å². The lowest BCUT2D eigenvalue weighted by molar-refractivity contribution is 0.277. The van der Waals surface area contributed by atoms with Crippen LogP contribution in [0.4, 0.5) is 0 Å². The molecule has 4 heteroatoms. The molecule has 1 aromatic heterocycles. The summed E-state index contributed by atoms with van der Waals surface area (Å²) in [6, 6.07) is 2.14. The zero-order valence-corrected chi connectivity index (χ0v) is 12.0. The third-order valence-electron chi connectivity index (χ3n) is 1.42. The van der Waals surface area contributed by atoms with E-state index in [9.17, 15) is 0 Å². The summed E-state index contributed by atoms with van der Waals surface area (Å²) >= 11 is 1.74. The van der Waals surface area contributed by atoms with Gasteiger partial charge in [-0.15, -0.1) is 11.3 Å². The maximum Gasteiger partial charge on any atom is 0.205 e. The SMILES string of the molecule is CC.CCOP(OCC)c1csc(C)c1. The summed E-state index contributed by atoms with van der Waals surface area (Å²) < 4.78 is 11.1. The molecule has 0 aliphatic carbocycles. The summed E-state index contributed by atoms with van der Waals surface area (Å²) in [4.78, 5) is 1.31. The number of rotatable bonds is 5. The van der Waals surface area contributed by atoms with Crippen LogP contribution in [0.25, 0.3) is 0 Å². The Balaban J connectivity index is 0.000000921. The van der Waals surface area contributed by atoms with Crippen molar-refractivity contribution in [2.45, 2.75) is 34.6 Å². The first-order chi connectivity index (χ1) is 7.27. The Morgan fingerprint density at radius 3 is 2.07 bits per heavy atom. The zero-order valence-electron chi connectivity index (χ0n) is 10.2. The van der Waals surface area contributed by atoms with Crippen molar-refractivity contribution in [3.05, 3.63) is 16.3 Å². The quantitative estimate of drug-likeness (QED) is 0.731. The van der Waals surface area contributed by atoms with Crippen molar-refractivity contribution in [1.82, 2.24) is 0 Å². The van der Waals surface area contributed by atoms with Gasteiger partial charge in [0.05, 0.1) is 13.2 Å². The fourth-order valence-electron chi connectivity index (χ4n) is 0.946. The van der Waals surface area contributed by atoms with Gasteiger partial charge in [0, 0.05) is 15.6 Å². The first-order valence-electron chi connectivity index (χ1n) is 5.39. The number of hydrogen-bond acceptors (Lipinski definition) is 3. The van der Waals surface area contributed by atoms with Crippen LogP contribution in [0.1, 0.15) is 32.6 Å². The molecule has 1 rings (SSSR count). The second-order valence-corrected chi connectivity index (χ2v) is 5.17. The molecule has 0 aliphatic rings. The third kappa shape index (κ3) is 5.62. The van der Waals surface area contributed by atoms with Crippen molar-refractivity contribution in [3.8, 4) is 0 Å². The Labute approximate surface area is 98.5 Å². The van der Waals surface area contributed by atoms with Gasteiger partial charge in [0.25, 0.3) is 0 Å². The minimum absolute atomic E-state index is 0.709. The van der Waals surface area contributed by atoms with Crippen LogP contribution in [0, 0.1) is 6.92 Å². The molecule has 0 amide bonds. The normalized spacial score (nSPS) is 10.0. The van der Waals surface area contributed by atoms with Crippen molar-refractivity contribution in [2.24, 2.45) is 0 Å². The predicted octanol–water partition coefficient (Wildman–Crippen LogP) is 4.09. The number of aryl methyl sites for hydroxylation is 1. The maximum absolute atomic E-state index is 5.53. The molecule has 0 aliphatic heterocycles. The molecule has 88 valence electrons. The van der Waals surface area contributed by atoms with E-state index in [-0.39, 0.29) is 0 Å². The second-order valence-electron chi connectivity index (χ2n) is 2.51. The Kier molecular flexibility index (Phi) is 9.32. The highest BCUT2D eigenvalue weighted by Crippen LogP contribution is 2.38. The molecule has 0 fully saturated rings. The lowest BCUT2D eigenvalue weighted by Crippen LogP contribution is -2.03. The van der Waals surface area contributed by atoms with E-state index >= 15 is 0 Å². The third-order valence-corrected chi connectivity index (χ3v) is 4.12. The molecule has 2 nitrogen and oxygen atoms in total. The van der Waals surface area contributed by atoms with Gasteiger partial charge in [-0.3, -0.25) is 0 Å². The molecule has 0 saturated heterocycles. The van der Waals surface area contributed by atoms with Gasteiger partial charge in [-0.25, -0.2) is 0 Å². The lowest BCUT2D eigenvalue weighted by atomic mass is 10.5. The van der Waals surface area contributed by atoms with Crippen LogP contribution >= 0.6 is 19.7 Å². The predicted molar refractivity (Wildman–Crippen MR) is 70.2 cm³/mol. The van der Waals surface area contributed by atoms with Gasteiger partial charge in [0.15, 0.2) is 0 Å². The highest BCUT2D eigenvalue weighted by molar-refractivity contribution is 7.56. The maximum atomic E-state index is 5.53. The van der Waals surface area contributed by atoms with Crippen LogP contribution in [0.2, 0.25) is 0 Å². The van der Waals surface area contributed by atoms with Gasteiger partial charge in [-0.05, 0) is 26.8 Å². The van der Waals surface area contributed by atoms with Crippen LogP contribution in [-0.4, -0.2) is 13.2 Å². The molecule has 0 unspecified atom stereocenters. The summed E-state index contributed by atoms with van der Waals surface area (Å²) in [6.07, 6.45) is 0. The molecule has 0 bridgehead atoms. The minimum Gasteiger partial charge on any atom is -0.331 e. The molecule has 0 atom stereocenters. The van der Waals surface area contributed by atoms with Gasteiger partial charge in [0.2, 0.25) is 8.38 Å². The molecule has 0 aromatic carbocycles. The van der Waals surface area contributed by atoms with Crippen molar-refractivity contribution in [3.63, 3.8) is 0 Å². The van der Waals surface area contributed by atoms with Gasteiger partial charge in [0.1, 0.15) is 0 Å². The molecule has 0 radical (unpaired) electrons. The fraction of sp³-hybridized carbons (Fsp3) is 0.636. The van der Waals surface area contributed by atoms with E-state index < -0.39 is 8.38 Å². The van der Waals surface area contributed by atoms with Crippen molar-refractivity contribution in [1.29, 1.82) is 0 Å². The van der Waals surface area contributed by atoms with Crippen molar-refractivity contribution < 1.29 is 9.05 Å². The number of hydrogen-bond donors (Lipinski definition) is 0. The van der Waals surface area contributed by atoms with Crippen LogP contribution in [-0.2, 0) is 9.05 Å². The fourth-order valence-corrected chi connectivity index (χ4v) is 3.25. The average Bonchev–Trinajstić information content (AvgIpc) is 2.68. The van der Waals surface area contributed by atoms with Crippen LogP contribution in [0.3, 0.4) is 0 Å². The van der Waals surface area contributed by atoms with E-state index in [4.69, 9.17) is 9.05 Å². The van der Waals surface area contributed by atoms with E-state index in [1.807, 2.05) is 27.7 Å². The molecule has 1 aromatic rings. The molecule has 15 heavy (non-hydrogen) atoms. The second kappa shape index (κ2) is 9.29. The summed E-state index contributed by atoms with van der Waals surface area (Å²) in [6.45, 7) is 11.5. The van der Waals surface area contributed by atoms with Crippen LogP contribution in [0.15, 0.2) is 11.4 Å². The van der Waals surface area contributed by atoms with E-state index in [0.29, 0.717) is 13.2 Å². The largest absolute Gasteiger partial charge is 0.331 e. The smallest absolute Gasteiger partial charge is 0.205 e. The highest BCUT2D eigenvalue weighted by atomic mass is 32.1. The Hall–Kier alpha value is 0.0500. The summed E-state index contributed by atoms with van der Waals surface area (Å²) in [5, 5.41) is 3.31. The van der Waals surface area contributed by atoms with Gasteiger partial charge in [-0.2, -0.15) is 0 Å². The molecular formula is C11H21O2PS. The first-order valence-corrected chi connectivity index (χ1v) is 7.44. The summed E-state index contributed by atoms with van der Waals surface area (Å²) in [5.41, 5.74) is 0. The highest BCUT2D eigenvalue weighted by Gasteiger charge is 2.13. The number of thiophene rings is 1. The lowest BCUT2D eigenvalue weighted by Gasteiger charge is -2.13. The monoisotopic (exact) mass is 248 g/mol. The van der Waals surface area contributed by atoms with Crippen LogP contribution in [0.5, 0.6) is 0 Å². The summed E-state index contributed by atoms with van der Waals surface area (Å²) in [7, 11) is -0.825. The van der Waals surface area contributed by atoms with E-state index in [1.165, 1.54) is 10.2 Å². The minimum atomic E-state index is -0.825. The Bertz CT molecular complexity index is 244. The van der Waals surface area contributed by atoms with E-state index in [2.05, 4.69) is 18.4 Å². The van der Waals surface area contributed by atoms with Gasteiger partial charge in [-0.1, -0.05) is 13.8 Å². The van der Waals surface area contributed by atoms with Gasteiger partial charge >= 0.3 is 0 Å². The molecule has 0 saturated carbocycles. The van der Waals surface area contributed by atoms with E-state index in [1.54, 1.807) is 11.3 Å². The summed E-state index contributed by atoms with van der Waals surface area (Å²) in [5.74, 6) is 0. The van der Waals surface area contributed by atoms with Crippen LogP contribution < -0.4 is 5.30 Å². The topological polar surface area (TPSA) is 18.5 Å². The standard InChI is InChI=1S/C9H15O2PS.C2H6/c1-4-10-12(11-5-2)9-6-8(3)13-7-9;1-2/h6-7H,4-5H2,1-3H3;1-2H3.